The van der Waals surface area contributed by atoms with Gasteiger partial charge in [-0.1, -0.05) is 18.7 Å². The lowest BCUT2D eigenvalue weighted by atomic mass is 9.94. The molecule has 47 valence electrons. The minimum Gasteiger partial charge on any atom is -0.357 e. The third-order valence-corrected chi connectivity index (χ3v) is 3.06. The summed E-state index contributed by atoms with van der Waals surface area (Å²) in [6.07, 6.45) is 0. The first kappa shape index (κ1) is 6.39. The van der Waals surface area contributed by atoms with Crippen LogP contribution >= 0.6 is 11.8 Å². The Morgan fingerprint density at radius 2 is 2.00 bits per heavy atom. The van der Waals surface area contributed by atoms with Crippen molar-refractivity contribution in [2.45, 2.75) is 12.0 Å². The molecule has 1 fully saturated rings. The molecule has 1 aliphatic rings. The van der Waals surface area contributed by atoms with Crippen molar-refractivity contribution in [1.82, 2.24) is 0 Å². The van der Waals surface area contributed by atoms with Crippen molar-refractivity contribution in [3.8, 4) is 0 Å². The van der Waals surface area contributed by atoms with Crippen molar-refractivity contribution < 1.29 is 10.2 Å². The third kappa shape index (κ3) is 0.658. The van der Waals surface area contributed by atoms with E-state index in [-0.39, 0.29) is 0 Å². The van der Waals surface area contributed by atoms with E-state index >= 15 is 0 Å². The van der Waals surface area contributed by atoms with Gasteiger partial charge >= 0.3 is 0 Å². The maximum atomic E-state index is 8.90. The van der Waals surface area contributed by atoms with Crippen LogP contribution in [0.25, 0.3) is 0 Å². The molecular weight excluding hydrogens is 124 g/mol. The summed E-state index contributed by atoms with van der Waals surface area (Å²) >= 11 is 1.12. The highest BCUT2D eigenvalue weighted by Crippen LogP contribution is 2.50. The first-order valence-electron chi connectivity index (χ1n) is 2.40. The van der Waals surface area contributed by atoms with Gasteiger partial charge in [0.2, 0.25) is 5.12 Å². The number of thioether (sulfide) groups is 1. The minimum absolute atomic E-state index is 0.558. The minimum atomic E-state index is -1.58. The summed E-state index contributed by atoms with van der Waals surface area (Å²) in [5.41, 5.74) is -0.558. The van der Waals surface area contributed by atoms with Crippen molar-refractivity contribution >= 4 is 11.8 Å². The predicted octanol–water partition coefficient (Wildman–Crippen LogP) is 0.212. The molecule has 0 spiro atoms. The molecule has 2 N–H and O–H groups in total. The summed E-state index contributed by atoms with van der Waals surface area (Å²) in [7, 11) is 0. The van der Waals surface area contributed by atoms with E-state index in [4.69, 9.17) is 10.2 Å². The zero-order chi connectivity index (χ0) is 6.41. The lowest BCUT2D eigenvalue weighted by Gasteiger charge is -2.46. The summed E-state index contributed by atoms with van der Waals surface area (Å²) < 4.78 is 0. The number of hydrogen-bond acceptors (Lipinski definition) is 3. The molecule has 1 heterocycles. The molecule has 1 saturated heterocycles. The lowest BCUT2D eigenvalue weighted by molar-refractivity contribution is -0.153. The molecule has 1 rings (SSSR count). The quantitative estimate of drug-likeness (QED) is 0.464. The first-order chi connectivity index (χ1) is 3.46. The van der Waals surface area contributed by atoms with Crippen molar-refractivity contribution in [3.63, 3.8) is 0 Å². The van der Waals surface area contributed by atoms with E-state index in [2.05, 4.69) is 6.92 Å². The molecule has 1 aliphatic heterocycles. The van der Waals surface area contributed by atoms with Crippen LogP contribution in [-0.4, -0.2) is 21.1 Å². The van der Waals surface area contributed by atoms with E-state index in [0.717, 1.165) is 17.5 Å². The normalized spacial score (nSPS) is 31.5. The van der Waals surface area contributed by atoms with Crippen LogP contribution in [0.4, 0.5) is 0 Å². The summed E-state index contributed by atoms with van der Waals surface area (Å²) in [6, 6.07) is 0. The largest absolute Gasteiger partial charge is 0.357 e. The maximum absolute atomic E-state index is 8.90. The highest BCUT2D eigenvalue weighted by atomic mass is 32.2. The molecule has 0 aromatic rings. The van der Waals surface area contributed by atoms with Gasteiger partial charge in [-0.3, -0.25) is 0 Å². The molecule has 1 unspecified atom stereocenters. The fourth-order valence-corrected chi connectivity index (χ4v) is 1.34. The van der Waals surface area contributed by atoms with E-state index in [1.54, 1.807) is 6.92 Å². The predicted molar refractivity (Wildman–Crippen MR) is 33.1 cm³/mol. The monoisotopic (exact) mass is 133 g/mol. The van der Waals surface area contributed by atoms with Crippen LogP contribution in [0, 0.1) is 12.3 Å². The van der Waals surface area contributed by atoms with Crippen LogP contribution in [0.3, 0.4) is 0 Å². The Hall–Kier alpha value is 0.270. The third-order valence-electron chi connectivity index (χ3n) is 1.38. The van der Waals surface area contributed by atoms with Gasteiger partial charge in [-0.25, -0.2) is 0 Å². The van der Waals surface area contributed by atoms with E-state index in [1.165, 1.54) is 0 Å². The molecule has 3 heteroatoms. The van der Waals surface area contributed by atoms with Gasteiger partial charge in [0.15, 0.2) is 0 Å². The molecule has 8 heavy (non-hydrogen) atoms. The van der Waals surface area contributed by atoms with Gasteiger partial charge in [-0.15, -0.1) is 0 Å². The molecule has 0 aromatic carbocycles. The van der Waals surface area contributed by atoms with Crippen LogP contribution in [-0.2, 0) is 0 Å². The van der Waals surface area contributed by atoms with Gasteiger partial charge in [0.1, 0.15) is 0 Å². The Kier molecular flexibility index (Phi) is 1.12. The second kappa shape index (κ2) is 1.40. The molecule has 0 amide bonds. The molecule has 0 saturated carbocycles. The first-order valence-corrected chi connectivity index (χ1v) is 3.38. The van der Waals surface area contributed by atoms with Gasteiger partial charge in [-0.05, 0) is 6.92 Å². The average Bonchev–Trinajstić information content (AvgIpc) is 1.64. The highest BCUT2D eigenvalue weighted by Gasteiger charge is 2.52. The molecular formula is C5H9O2S. The second-order valence-electron chi connectivity index (χ2n) is 2.46. The summed E-state index contributed by atoms with van der Waals surface area (Å²) in [4.78, 5) is 0. The molecule has 0 aliphatic carbocycles. The average molecular weight is 133 g/mol. The zero-order valence-corrected chi connectivity index (χ0v) is 5.53. The fourth-order valence-electron chi connectivity index (χ4n) is 0.448. The molecule has 1 atom stereocenters. The maximum Gasteiger partial charge on any atom is 0.219 e. The van der Waals surface area contributed by atoms with Crippen LogP contribution in [0.1, 0.15) is 6.92 Å². The number of hydrogen-bond donors (Lipinski definition) is 2. The van der Waals surface area contributed by atoms with Gasteiger partial charge in [0.25, 0.3) is 0 Å². The zero-order valence-electron chi connectivity index (χ0n) is 4.72. The van der Waals surface area contributed by atoms with Crippen LogP contribution in [0.2, 0.25) is 0 Å². The Labute approximate surface area is 52.9 Å². The SMILES string of the molecule is [CH2]C1(C)CSC1(O)O. The van der Waals surface area contributed by atoms with Gasteiger partial charge < -0.3 is 10.2 Å². The van der Waals surface area contributed by atoms with E-state index in [9.17, 15) is 0 Å². The van der Waals surface area contributed by atoms with E-state index in [0.29, 0.717) is 0 Å². The summed E-state index contributed by atoms with van der Waals surface area (Å²) in [5, 5.41) is 16.2. The van der Waals surface area contributed by atoms with E-state index in [1.807, 2.05) is 0 Å². The van der Waals surface area contributed by atoms with Gasteiger partial charge in [0, 0.05) is 11.2 Å². The number of aliphatic hydroxyl groups is 2. The van der Waals surface area contributed by atoms with Crippen LogP contribution in [0.15, 0.2) is 0 Å². The summed E-state index contributed by atoms with van der Waals surface area (Å²) in [5.74, 6) is 0.722. The van der Waals surface area contributed by atoms with Crippen LogP contribution in [0.5, 0.6) is 0 Å². The Morgan fingerprint density at radius 1 is 1.62 bits per heavy atom. The Balaban J connectivity index is 2.63. The molecule has 0 aromatic heterocycles. The van der Waals surface area contributed by atoms with Crippen molar-refractivity contribution in [2.75, 3.05) is 5.75 Å². The standard InChI is InChI=1S/C5H9O2S/c1-4(2)3-8-5(4,6)7/h6-7H,1,3H2,2H3. The molecule has 0 bridgehead atoms. The van der Waals surface area contributed by atoms with Crippen molar-refractivity contribution in [3.05, 3.63) is 6.92 Å². The van der Waals surface area contributed by atoms with Crippen molar-refractivity contribution in [2.24, 2.45) is 5.41 Å². The smallest absolute Gasteiger partial charge is 0.219 e. The lowest BCUT2D eigenvalue weighted by Crippen LogP contribution is -2.52. The van der Waals surface area contributed by atoms with Crippen molar-refractivity contribution in [1.29, 1.82) is 0 Å². The number of rotatable bonds is 0. The molecule has 1 radical (unpaired) electrons. The van der Waals surface area contributed by atoms with E-state index < -0.39 is 10.5 Å². The Morgan fingerprint density at radius 3 is 2.00 bits per heavy atom. The Bertz CT molecular complexity index is 95.0. The topological polar surface area (TPSA) is 40.5 Å². The highest BCUT2D eigenvalue weighted by molar-refractivity contribution is 8.01. The fraction of sp³-hybridized carbons (Fsp3) is 0.800. The molecule has 2 nitrogen and oxygen atoms in total. The van der Waals surface area contributed by atoms with Gasteiger partial charge in [-0.2, -0.15) is 0 Å². The second-order valence-corrected chi connectivity index (χ2v) is 3.60. The van der Waals surface area contributed by atoms with Gasteiger partial charge in [0.05, 0.1) is 0 Å². The summed E-state index contributed by atoms with van der Waals surface area (Å²) in [6.45, 7) is 5.33. The van der Waals surface area contributed by atoms with Crippen LogP contribution < -0.4 is 0 Å².